The first kappa shape index (κ1) is 18.3. The predicted molar refractivity (Wildman–Crippen MR) is 94.2 cm³/mol. The second-order valence-corrected chi connectivity index (χ2v) is 6.22. The highest BCUT2D eigenvalue weighted by molar-refractivity contribution is 5.80. The molecule has 1 saturated heterocycles. The average molecular weight is 332 g/mol. The minimum absolute atomic E-state index is 0.128. The third kappa shape index (κ3) is 4.71. The highest BCUT2D eigenvalue weighted by atomic mass is 16.2. The quantitative estimate of drug-likeness (QED) is 0.795. The smallest absolute Gasteiger partial charge is 0.317 e. The van der Waals surface area contributed by atoms with E-state index in [-0.39, 0.29) is 17.9 Å². The van der Waals surface area contributed by atoms with Gasteiger partial charge in [-0.25, -0.2) is 4.79 Å². The van der Waals surface area contributed by atoms with Crippen LogP contribution in [0.5, 0.6) is 0 Å². The van der Waals surface area contributed by atoms with E-state index in [9.17, 15) is 9.59 Å². The third-order valence-electron chi connectivity index (χ3n) is 4.71. The molecule has 1 aromatic rings. The van der Waals surface area contributed by atoms with E-state index >= 15 is 0 Å². The number of nitrogens with two attached hydrogens (primary N) is 1. The molecule has 0 radical (unpaired) electrons. The Morgan fingerprint density at radius 2 is 1.92 bits per heavy atom. The number of hydrogen-bond acceptors (Lipinski definition) is 3. The van der Waals surface area contributed by atoms with Gasteiger partial charge in [-0.1, -0.05) is 38.1 Å². The van der Waals surface area contributed by atoms with Gasteiger partial charge in [0.05, 0.1) is 5.92 Å². The van der Waals surface area contributed by atoms with Gasteiger partial charge in [-0.15, -0.1) is 0 Å². The molecular formula is C18H28N4O2. The van der Waals surface area contributed by atoms with Crippen molar-refractivity contribution in [3.05, 3.63) is 35.4 Å². The standard InChI is InChI=1S/C18H28N4O2/c1-3-21(4-2)12-15-8-6-5-7-14(15)11-20-18(24)22-10-9-16(13-22)17(19)23/h5-8,16H,3-4,9-13H2,1-2H3,(H2,19,23)(H,20,24)/t16-/m1/s1. The van der Waals surface area contributed by atoms with E-state index in [1.54, 1.807) is 4.90 Å². The average Bonchev–Trinajstić information content (AvgIpc) is 3.09. The van der Waals surface area contributed by atoms with Crippen LogP contribution in [0.2, 0.25) is 0 Å². The van der Waals surface area contributed by atoms with E-state index in [0.717, 1.165) is 25.2 Å². The summed E-state index contributed by atoms with van der Waals surface area (Å²) in [6.07, 6.45) is 0.654. The molecule has 3 amide bonds. The van der Waals surface area contributed by atoms with Crippen LogP contribution in [-0.2, 0) is 17.9 Å². The largest absolute Gasteiger partial charge is 0.369 e. The first-order valence-electron chi connectivity index (χ1n) is 8.66. The highest BCUT2D eigenvalue weighted by Crippen LogP contribution is 2.16. The Bertz CT molecular complexity index is 572. The van der Waals surface area contributed by atoms with Gasteiger partial charge in [0.25, 0.3) is 0 Å². The second kappa shape index (κ2) is 8.68. The normalized spacial score (nSPS) is 17.3. The summed E-state index contributed by atoms with van der Waals surface area (Å²) in [5, 5.41) is 2.97. The Morgan fingerprint density at radius 3 is 2.50 bits per heavy atom. The Labute approximate surface area is 144 Å². The first-order valence-corrected chi connectivity index (χ1v) is 8.66. The van der Waals surface area contributed by atoms with Crippen molar-refractivity contribution in [2.75, 3.05) is 26.2 Å². The Morgan fingerprint density at radius 1 is 1.25 bits per heavy atom. The SMILES string of the molecule is CCN(CC)Cc1ccccc1CNC(=O)N1CC[C@@H](C(N)=O)C1. The number of primary amides is 1. The molecule has 0 bridgehead atoms. The fourth-order valence-electron chi connectivity index (χ4n) is 3.03. The van der Waals surface area contributed by atoms with E-state index in [2.05, 4.69) is 36.2 Å². The van der Waals surface area contributed by atoms with E-state index < -0.39 is 0 Å². The number of carbonyl (C=O) groups excluding carboxylic acids is 2. The molecule has 24 heavy (non-hydrogen) atoms. The van der Waals surface area contributed by atoms with Crippen LogP contribution in [0.4, 0.5) is 4.79 Å². The van der Waals surface area contributed by atoms with Gasteiger partial charge >= 0.3 is 6.03 Å². The van der Waals surface area contributed by atoms with Gasteiger partial charge in [-0.2, -0.15) is 0 Å². The Kier molecular flexibility index (Phi) is 6.61. The molecule has 1 heterocycles. The highest BCUT2D eigenvalue weighted by Gasteiger charge is 2.29. The zero-order valence-corrected chi connectivity index (χ0v) is 14.6. The van der Waals surface area contributed by atoms with Crippen LogP contribution in [0.3, 0.4) is 0 Å². The molecule has 1 aliphatic heterocycles. The van der Waals surface area contributed by atoms with Crippen LogP contribution in [0, 0.1) is 5.92 Å². The maximum Gasteiger partial charge on any atom is 0.317 e. The zero-order valence-electron chi connectivity index (χ0n) is 14.6. The fourth-order valence-corrected chi connectivity index (χ4v) is 3.03. The summed E-state index contributed by atoms with van der Waals surface area (Å²) < 4.78 is 0. The topological polar surface area (TPSA) is 78.7 Å². The molecular weight excluding hydrogens is 304 g/mol. The minimum atomic E-state index is -0.324. The molecule has 0 aliphatic carbocycles. The molecule has 0 aromatic heterocycles. The van der Waals surface area contributed by atoms with Crippen molar-refractivity contribution in [1.29, 1.82) is 0 Å². The molecule has 1 aromatic carbocycles. The summed E-state index contributed by atoms with van der Waals surface area (Å²) in [6.45, 7) is 8.68. The van der Waals surface area contributed by atoms with Crippen molar-refractivity contribution in [3.63, 3.8) is 0 Å². The molecule has 0 unspecified atom stereocenters. The van der Waals surface area contributed by atoms with Gasteiger partial charge in [-0.05, 0) is 30.6 Å². The van der Waals surface area contributed by atoms with Gasteiger partial charge < -0.3 is 16.0 Å². The number of nitrogens with one attached hydrogen (secondary N) is 1. The fraction of sp³-hybridized carbons (Fsp3) is 0.556. The third-order valence-corrected chi connectivity index (χ3v) is 4.71. The zero-order chi connectivity index (χ0) is 17.5. The van der Waals surface area contributed by atoms with Crippen molar-refractivity contribution in [3.8, 4) is 0 Å². The van der Waals surface area contributed by atoms with Gasteiger partial charge in [-0.3, -0.25) is 9.69 Å². The maximum absolute atomic E-state index is 12.3. The van der Waals surface area contributed by atoms with Gasteiger partial charge in [0.2, 0.25) is 5.91 Å². The monoisotopic (exact) mass is 332 g/mol. The molecule has 2 rings (SSSR count). The van der Waals surface area contributed by atoms with E-state index in [1.165, 1.54) is 5.56 Å². The van der Waals surface area contributed by atoms with Crippen molar-refractivity contribution < 1.29 is 9.59 Å². The van der Waals surface area contributed by atoms with Crippen molar-refractivity contribution in [1.82, 2.24) is 15.1 Å². The van der Waals surface area contributed by atoms with Crippen LogP contribution in [0.15, 0.2) is 24.3 Å². The summed E-state index contributed by atoms with van der Waals surface area (Å²) in [5.41, 5.74) is 7.68. The molecule has 6 nitrogen and oxygen atoms in total. The van der Waals surface area contributed by atoms with E-state index in [0.29, 0.717) is 26.1 Å². The molecule has 1 atom stereocenters. The van der Waals surface area contributed by atoms with Crippen LogP contribution in [-0.4, -0.2) is 47.9 Å². The molecule has 0 spiro atoms. The number of carbonyl (C=O) groups is 2. The van der Waals surface area contributed by atoms with Crippen LogP contribution >= 0.6 is 0 Å². The summed E-state index contributed by atoms with van der Waals surface area (Å²) in [4.78, 5) is 27.5. The lowest BCUT2D eigenvalue weighted by Crippen LogP contribution is -2.39. The number of urea groups is 1. The summed E-state index contributed by atoms with van der Waals surface area (Å²) in [6, 6.07) is 8.05. The second-order valence-electron chi connectivity index (χ2n) is 6.22. The molecule has 132 valence electrons. The van der Waals surface area contributed by atoms with Crippen molar-refractivity contribution in [2.45, 2.75) is 33.4 Å². The number of hydrogen-bond donors (Lipinski definition) is 2. The molecule has 3 N–H and O–H groups in total. The van der Waals surface area contributed by atoms with Crippen LogP contribution in [0.1, 0.15) is 31.4 Å². The van der Waals surface area contributed by atoms with Crippen molar-refractivity contribution in [2.24, 2.45) is 11.7 Å². The number of rotatable bonds is 7. The number of nitrogens with zero attached hydrogens (tertiary/aromatic N) is 2. The molecule has 1 fully saturated rings. The lowest BCUT2D eigenvalue weighted by molar-refractivity contribution is -0.121. The minimum Gasteiger partial charge on any atom is -0.369 e. The van der Waals surface area contributed by atoms with Crippen LogP contribution < -0.4 is 11.1 Å². The first-order chi connectivity index (χ1) is 11.5. The molecule has 6 heteroatoms. The molecule has 0 saturated carbocycles. The van der Waals surface area contributed by atoms with Gasteiger partial charge in [0.15, 0.2) is 0 Å². The van der Waals surface area contributed by atoms with E-state index in [4.69, 9.17) is 5.73 Å². The molecule has 1 aliphatic rings. The Hall–Kier alpha value is -2.08. The lowest BCUT2D eigenvalue weighted by Gasteiger charge is -2.21. The Balaban J connectivity index is 1.92. The summed E-state index contributed by atoms with van der Waals surface area (Å²) in [5.74, 6) is -0.541. The van der Waals surface area contributed by atoms with E-state index in [1.807, 2.05) is 12.1 Å². The predicted octanol–water partition coefficient (Wildman–Crippen LogP) is 1.55. The lowest BCUT2D eigenvalue weighted by atomic mass is 10.1. The number of amides is 3. The number of likely N-dealkylation sites (tertiary alicyclic amines) is 1. The van der Waals surface area contributed by atoms with Crippen LogP contribution in [0.25, 0.3) is 0 Å². The number of benzene rings is 1. The maximum atomic E-state index is 12.3. The van der Waals surface area contributed by atoms with Crippen molar-refractivity contribution >= 4 is 11.9 Å². The summed E-state index contributed by atoms with van der Waals surface area (Å²) in [7, 11) is 0. The summed E-state index contributed by atoms with van der Waals surface area (Å²) >= 11 is 0. The van der Waals surface area contributed by atoms with Gasteiger partial charge in [0.1, 0.15) is 0 Å². The van der Waals surface area contributed by atoms with Gasteiger partial charge in [0, 0.05) is 26.2 Å².